The Balaban J connectivity index is 1.68. The van der Waals surface area contributed by atoms with Crippen LogP contribution in [0.2, 0.25) is 0 Å². The molecule has 2 heterocycles. The van der Waals surface area contributed by atoms with Gasteiger partial charge in [0, 0.05) is 32.5 Å². The molecule has 2 saturated heterocycles. The average Bonchev–Trinajstić information content (AvgIpc) is 2.71. The minimum Gasteiger partial charge on any atom is -0.355 e. The summed E-state index contributed by atoms with van der Waals surface area (Å²) in [5.74, 6) is 0.853. The van der Waals surface area contributed by atoms with E-state index in [-0.39, 0.29) is 23.6 Å². The molecule has 2 amide bonds. The van der Waals surface area contributed by atoms with E-state index in [2.05, 4.69) is 26.4 Å². The Bertz CT molecular complexity index is 532. The van der Waals surface area contributed by atoms with E-state index in [1.54, 1.807) is 0 Å². The molecule has 27 heavy (non-hydrogen) atoms. The summed E-state index contributed by atoms with van der Waals surface area (Å²) in [6.07, 6.45) is 5.90. The lowest BCUT2D eigenvalue weighted by molar-refractivity contribution is -0.136. The molecule has 0 saturated carbocycles. The smallest absolute Gasteiger partial charge is 0.224 e. The van der Waals surface area contributed by atoms with Gasteiger partial charge in [-0.05, 0) is 51.1 Å². The molecule has 0 spiro atoms. The van der Waals surface area contributed by atoms with Crippen LogP contribution in [0.1, 0.15) is 44.9 Å². The molecule has 1 unspecified atom stereocenters. The molecule has 4 N–H and O–H groups in total. The van der Waals surface area contributed by atoms with Crippen LogP contribution < -0.4 is 16.1 Å². The minimum atomic E-state index is -0.154. The van der Waals surface area contributed by atoms with Crippen LogP contribution in [0.5, 0.6) is 0 Å². The first-order valence-electron chi connectivity index (χ1n) is 9.98. The molecule has 0 aliphatic carbocycles. The fraction of sp³-hybridized carbons (Fsp3) is 0.833. The second-order valence-corrected chi connectivity index (χ2v) is 7.34. The van der Waals surface area contributed by atoms with Gasteiger partial charge in [0.15, 0.2) is 0 Å². The molecule has 1 atom stereocenters. The summed E-state index contributed by atoms with van der Waals surface area (Å²) >= 11 is 0. The maximum Gasteiger partial charge on any atom is 0.224 e. The number of likely N-dealkylation sites (tertiary alicyclic amines) is 1. The van der Waals surface area contributed by atoms with Crippen molar-refractivity contribution in [3.05, 3.63) is 0 Å². The van der Waals surface area contributed by atoms with Crippen LogP contribution in [-0.4, -0.2) is 62.3 Å². The van der Waals surface area contributed by atoms with Crippen molar-refractivity contribution in [1.82, 2.24) is 21.0 Å². The molecule has 2 aliphatic heterocycles. The standard InChI is InChI=1S/C18H33N7O2/c1-20-24-23-16(19)8-11-22-18(27)15-3-2-12-25(13-15)17(26)5-4-14-6-9-21-10-7-14/h14-15,21H,2-13H2,1H3,(H,22,27)(H2,19,20,23). The van der Waals surface area contributed by atoms with Gasteiger partial charge in [-0.15, -0.1) is 0 Å². The van der Waals surface area contributed by atoms with Gasteiger partial charge >= 0.3 is 0 Å². The van der Waals surface area contributed by atoms with Gasteiger partial charge < -0.3 is 15.5 Å². The molecule has 0 aromatic heterocycles. The molecule has 9 nitrogen and oxygen atoms in total. The second kappa shape index (κ2) is 11.6. The Morgan fingerprint density at radius 1 is 1.22 bits per heavy atom. The lowest BCUT2D eigenvalue weighted by Crippen LogP contribution is -2.46. The topological polar surface area (TPSA) is 122 Å². The van der Waals surface area contributed by atoms with Crippen LogP contribution in [0.4, 0.5) is 0 Å². The maximum atomic E-state index is 12.5. The quantitative estimate of drug-likeness (QED) is 0.218. The molecule has 9 heteroatoms. The highest BCUT2D eigenvalue weighted by molar-refractivity contribution is 5.82. The molecule has 0 bridgehead atoms. The zero-order chi connectivity index (χ0) is 19.5. The minimum absolute atomic E-state index is 0.0317. The third kappa shape index (κ3) is 7.62. The Morgan fingerprint density at radius 2 is 2.00 bits per heavy atom. The summed E-state index contributed by atoms with van der Waals surface area (Å²) in [5, 5.41) is 20.9. The summed E-state index contributed by atoms with van der Waals surface area (Å²) in [4.78, 5) is 26.8. The van der Waals surface area contributed by atoms with Crippen LogP contribution in [0, 0.1) is 17.2 Å². The van der Waals surface area contributed by atoms with Gasteiger partial charge in [-0.25, -0.2) is 5.43 Å². The number of piperidine rings is 2. The number of rotatable bonds is 8. The van der Waals surface area contributed by atoms with Crippen molar-refractivity contribution in [1.29, 1.82) is 5.41 Å². The Hall–Kier alpha value is -2.03. The van der Waals surface area contributed by atoms with E-state index in [1.807, 2.05) is 4.90 Å². The third-order valence-corrected chi connectivity index (χ3v) is 5.33. The van der Waals surface area contributed by atoms with Crippen molar-refractivity contribution in [2.45, 2.75) is 44.9 Å². The highest BCUT2D eigenvalue weighted by Crippen LogP contribution is 2.21. The van der Waals surface area contributed by atoms with Gasteiger partial charge in [0.05, 0.1) is 13.0 Å². The number of amides is 2. The molecule has 2 rings (SSSR count). The lowest BCUT2D eigenvalue weighted by atomic mass is 9.92. The zero-order valence-electron chi connectivity index (χ0n) is 16.3. The largest absolute Gasteiger partial charge is 0.355 e. The van der Waals surface area contributed by atoms with Crippen molar-refractivity contribution in [3.8, 4) is 0 Å². The fourth-order valence-electron chi connectivity index (χ4n) is 3.70. The van der Waals surface area contributed by atoms with E-state index < -0.39 is 0 Å². The van der Waals surface area contributed by atoms with Crippen LogP contribution in [0.15, 0.2) is 10.3 Å². The summed E-state index contributed by atoms with van der Waals surface area (Å²) < 4.78 is 0. The van der Waals surface area contributed by atoms with E-state index >= 15 is 0 Å². The SMILES string of the molecule is CN=NNC(=N)CCNC(=O)C1CCCN(C(=O)CCC2CCNCC2)C1. The Labute approximate surface area is 161 Å². The molecule has 0 radical (unpaired) electrons. The first kappa shape index (κ1) is 21.3. The van der Waals surface area contributed by atoms with Crippen molar-refractivity contribution in [2.75, 3.05) is 39.8 Å². The monoisotopic (exact) mass is 379 g/mol. The summed E-state index contributed by atoms with van der Waals surface area (Å²) in [6.45, 7) is 3.75. The predicted octanol–water partition coefficient (Wildman–Crippen LogP) is 1.07. The van der Waals surface area contributed by atoms with Gasteiger partial charge in [-0.2, -0.15) is 5.11 Å². The van der Waals surface area contributed by atoms with Crippen LogP contribution >= 0.6 is 0 Å². The fourth-order valence-corrected chi connectivity index (χ4v) is 3.70. The zero-order valence-corrected chi connectivity index (χ0v) is 16.3. The molecular weight excluding hydrogens is 346 g/mol. The van der Waals surface area contributed by atoms with Gasteiger partial charge in [0.2, 0.25) is 11.8 Å². The molecule has 0 aromatic rings. The van der Waals surface area contributed by atoms with Gasteiger partial charge in [-0.3, -0.25) is 15.0 Å². The normalized spacial score (nSPS) is 21.2. The van der Waals surface area contributed by atoms with Crippen molar-refractivity contribution < 1.29 is 9.59 Å². The number of amidine groups is 1. The number of nitrogens with zero attached hydrogens (tertiary/aromatic N) is 3. The average molecular weight is 380 g/mol. The summed E-state index contributed by atoms with van der Waals surface area (Å²) in [7, 11) is 1.52. The van der Waals surface area contributed by atoms with Gasteiger partial charge in [0.1, 0.15) is 5.84 Å². The van der Waals surface area contributed by atoms with Gasteiger partial charge in [0.25, 0.3) is 0 Å². The van der Waals surface area contributed by atoms with E-state index in [0.29, 0.717) is 31.8 Å². The number of hydrogen-bond acceptors (Lipinski definition) is 6. The predicted molar refractivity (Wildman–Crippen MR) is 103 cm³/mol. The number of nitrogens with one attached hydrogen (secondary N) is 4. The van der Waals surface area contributed by atoms with E-state index in [4.69, 9.17) is 5.41 Å². The Morgan fingerprint density at radius 3 is 2.74 bits per heavy atom. The third-order valence-electron chi connectivity index (χ3n) is 5.33. The van der Waals surface area contributed by atoms with Gasteiger partial charge in [-0.1, -0.05) is 5.22 Å². The highest BCUT2D eigenvalue weighted by Gasteiger charge is 2.28. The summed E-state index contributed by atoms with van der Waals surface area (Å²) in [5.41, 5.74) is 2.48. The first-order valence-corrected chi connectivity index (χ1v) is 9.98. The number of hydrogen-bond donors (Lipinski definition) is 4. The van der Waals surface area contributed by atoms with E-state index in [1.165, 1.54) is 7.05 Å². The summed E-state index contributed by atoms with van der Waals surface area (Å²) in [6, 6.07) is 0. The molecule has 152 valence electrons. The second-order valence-electron chi connectivity index (χ2n) is 7.34. The maximum absolute atomic E-state index is 12.5. The molecule has 2 fully saturated rings. The molecule has 2 aliphatic rings. The number of carbonyl (C=O) groups excluding carboxylic acids is 2. The highest BCUT2D eigenvalue weighted by atomic mass is 16.2. The van der Waals surface area contributed by atoms with Crippen molar-refractivity contribution >= 4 is 17.6 Å². The van der Waals surface area contributed by atoms with Crippen LogP contribution in [-0.2, 0) is 9.59 Å². The van der Waals surface area contributed by atoms with Crippen molar-refractivity contribution in [3.63, 3.8) is 0 Å². The first-order chi connectivity index (χ1) is 13.1. The van der Waals surface area contributed by atoms with E-state index in [9.17, 15) is 9.59 Å². The van der Waals surface area contributed by atoms with E-state index in [0.717, 1.165) is 51.7 Å². The van der Waals surface area contributed by atoms with Crippen molar-refractivity contribution in [2.24, 2.45) is 22.2 Å². The van der Waals surface area contributed by atoms with Crippen LogP contribution in [0.3, 0.4) is 0 Å². The Kier molecular flexibility index (Phi) is 9.17. The molecule has 0 aromatic carbocycles. The van der Waals surface area contributed by atoms with Crippen LogP contribution in [0.25, 0.3) is 0 Å². The number of carbonyl (C=O) groups is 2. The lowest BCUT2D eigenvalue weighted by Gasteiger charge is -2.32. The molecular formula is C18H33N7O2.